The van der Waals surface area contributed by atoms with Gasteiger partial charge in [0.2, 0.25) is 0 Å². The first-order valence-corrected chi connectivity index (χ1v) is 7.08. The van der Waals surface area contributed by atoms with E-state index in [4.69, 9.17) is 12.2 Å². The summed E-state index contributed by atoms with van der Waals surface area (Å²) in [6, 6.07) is 4.73. The van der Waals surface area contributed by atoms with E-state index in [1.54, 1.807) is 6.07 Å². The summed E-state index contributed by atoms with van der Waals surface area (Å²) in [7, 11) is 0. The molecule has 0 radical (unpaired) electrons. The third-order valence-corrected chi connectivity index (χ3v) is 3.73. The minimum Gasteiger partial charge on any atom is -0.343 e. The predicted octanol–water partition coefficient (Wildman–Crippen LogP) is 4.45. The van der Waals surface area contributed by atoms with Gasteiger partial charge in [0.25, 0.3) is 5.69 Å². The van der Waals surface area contributed by atoms with Crippen LogP contribution in [0.15, 0.2) is 18.2 Å². The molecule has 0 spiro atoms. The van der Waals surface area contributed by atoms with Crippen molar-refractivity contribution in [2.24, 2.45) is 0 Å². The number of hydrogen-bond donors (Lipinski definition) is 1. The average molecular weight is 303 g/mol. The fourth-order valence-electron chi connectivity index (χ4n) is 2.38. The molecule has 0 aliphatic rings. The van der Waals surface area contributed by atoms with Crippen LogP contribution in [0.2, 0.25) is 0 Å². The second-order valence-electron chi connectivity index (χ2n) is 5.34. The number of aryl methyl sites for hydroxylation is 2. The number of nitrogens with zero attached hydrogens (tertiary/aromatic N) is 2. The van der Waals surface area contributed by atoms with Crippen molar-refractivity contribution >= 4 is 17.9 Å². The van der Waals surface area contributed by atoms with Crippen LogP contribution in [-0.2, 0) is 0 Å². The molecule has 0 amide bonds. The standard InChI is InChI=1S/C15H17N3O2S/c1-8(2)13-10(4)16-14(17-15(13)21)12-7-11(18(19)20)6-5-9(12)3/h5-8H,1-4H3,(H,16,17,21). The number of H-pyrrole nitrogens is 1. The summed E-state index contributed by atoms with van der Waals surface area (Å²) in [4.78, 5) is 18.2. The number of nitro benzene ring substituents is 1. The van der Waals surface area contributed by atoms with Crippen molar-refractivity contribution in [3.8, 4) is 11.4 Å². The van der Waals surface area contributed by atoms with Crippen LogP contribution in [0.4, 0.5) is 5.69 Å². The number of rotatable bonds is 3. The number of hydrogen-bond acceptors (Lipinski definition) is 4. The molecule has 1 N–H and O–H groups in total. The van der Waals surface area contributed by atoms with E-state index in [1.807, 2.05) is 13.8 Å². The number of non-ortho nitro benzene ring substituents is 1. The normalized spacial score (nSPS) is 10.9. The molecule has 0 aliphatic carbocycles. The van der Waals surface area contributed by atoms with Gasteiger partial charge >= 0.3 is 0 Å². The summed E-state index contributed by atoms with van der Waals surface area (Å²) in [6.07, 6.45) is 0. The summed E-state index contributed by atoms with van der Waals surface area (Å²) < 4.78 is 0.544. The van der Waals surface area contributed by atoms with E-state index in [0.29, 0.717) is 16.0 Å². The molecule has 0 aliphatic heterocycles. The number of nitro groups is 1. The van der Waals surface area contributed by atoms with E-state index < -0.39 is 4.92 Å². The molecule has 0 bridgehead atoms. The zero-order chi connectivity index (χ0) is 15.7. The van der Waals surface area contributed by atoms with Crippen LogP contribution < -0.4 is 0 Å². The third kappa shape index (κ3) is 3.00. The first-order chi connectivity index (χ1) is 9.81. The molecule has 6 heteroatoms. The summed E-state index contributed by atoms with van der Waals surface area (Å²) in [5, 5.41) is 10.9. The lowest BCUT2D eigenvalue weighted by Crippen LogP contribution is -2.02. The Morgan fingerprint density at radius 3 is 2.52 bits per heavy atom. The molecule has 5 nitrogen and oxygen atoms in total. The quantitative estimate of drug-likeness (QED) is 0.516. The van der Waals surface area contributed by atoms with Crippen molar-refractivity contribution in [3.05, 3.63) is 49.8 Å². The monoisotopic (exact) mass is 303 g/mol. The molecular formula is C15H17N3O2S. The van der Waals surface area contributed by atoms with Gasteiger partial charge in [-0.25, -0.2) is 4.98 Å². The fraction of sp³-hybridized carbons (Fsp3) is 0.333. The largest absolute Gasteiger partial charge is 0.343 e. The summed E-state index contributed by atoms with van der Waals surface area (Å²) in [5.41, 5.74) is 3.62. The van der Waals surface area contributed by atoms with Crippen LogP contribution in [0.25, 0.3) is 11.4 Å². The molecule has 110 valence electrons. The van der Waals surface area contributed by atoms with Gasteiger partial charge in [-0.2, -0.15) is 0 Å². The van der Waals surface area contributed by atoms with Gasteiger partial charge in [-0.15, -0.1) is 0 Å². The molecule has 2 rings (SSSR count). The Balaban J connectivity index is 2.65. The van der Waals surface area contributed by atoms with Crippen LogP contribution >= 0.6 is 12.2 Å². The minimum absolute atomic E-state index is 0.0438. The summed E-state index contributed by atoms with van der Waals surface area (Å²) in [5.74, 6) is 0.851. The SMILES string of the molecule is Cc1ccc([N+](=O)[O-])cc1-c1nc(=S)c(C(C)C)c(C)[nH]1. The first-order valence-electron chi connectivity index (χ1n) is 6.67. The third-order valence-electron chi connectivity index (χ3n) is 3.42. The molecule has 1 heterocycles. The van der Waals surface area contributed by atoms with Crippen LogP contribution in [0, 0.1) is 28.6 Å². The highest BCUT2D eigenvalue weighted by Crippen LogP contribution is 2.27. The number of nitrogens with one attached hydrogen (secondary N) is 1. The maximum absolute atomic E-state index is 10.9. The molecule has 0 fully saturated rings. The van der Waals surface area contributed by atoms with Crippen LogP contribution in [0.5, 0.6) is 0 Å². The summed E-state index contributed by atoms with van der Waals surface area (Å²) in [6.45, 7) is 7.96. The summed E-state index contributed by atoms with van der Waals surface area (Å²) >= 11 is 5.37. The van der Waals surface area contributed by atoms with Crippen LogP contribution in [0.3, 0.4) is 0 Å². The maximum Gasteiger partial charge on any atom is 0.270 e. The van der Waals surface area contributed by atoms with Crippen LogP contribution in [0.1, 0.15) is 36.6 Å². The zero-order valence-electron chi connectivity index (χ0n) is 12.4. The number of aromatic amines is 1. The van der Waals surface area contributed by atoms with Gasteiger partial charge in [-0.3, -0.25) is 10.1 Å². The highest BCUT2D eigenvalue weighted by molar-refractivity contribution is 7.71. The van der Waals surface area contributed by atoms with Gasteiger partial charge in [0.15, 0.2) is 0 Å². The Bertz CT molecular complexity index is 766. The highest BCUT2D eigenvalue weighted by Gasteiger charge is 2.14. The Morgan fingerprint density at radius 1 is 1.33 bits per heavy atom. The maximum atomic E-state index is 10.9. The fourth-order valence-corrected chi connectivity index (χ4v) is 2.86. The van der Waals surface area contributed by atoms with Crippen molar-refractivity contribution in [2.45, 2.75) is 33.6 Å². The minimum atomic E-state index is -0.410. The lowest BCUT2D eigenvalue weighted by molar-refractivity contribution is -0.384. The van der Waals surface area contributed by atoms with Gasteiger partial charge in [-0.1, -0.05) is 32.1 Å². The van der Waals surface area contributed by atoms with E-state index in [-0.39, 0.29) is 11.6 Å². The van der Waals surface area contributed by atoms with E-state index in [2.05, 4.69) is 23.8 Å². The molecule has 0 unspecified atom stereocenters. The van der Waals surface area contributed by atoms with Gasteiger partial charge < -0.3 is 4.98 Å². The van der Waals surface area contributed by atoms with E-state index in [9.17, 15) is 10.1 Å². The molecule has 1 aromatic carbocycles. The van der Waals surface area contributed by atoms with E-state index in [1.165, 1.54) is 12.1 Å². The first kappa shape index (κ1) is 15.3. The van der Waals surface area contributed by atoms with Crippen molar-refractivity contribution in [1.82, 2.24) is 9.97 Å². The van der Waals surface area contributed by atoms with Crippen molar-refractivity contribution in [3.63, 3.8) is 0 Å². The molecule has 21 heavy (non-hydrogen) atoms. The van der Waals surface area contributed by atoms with Gasteiger partial charge in [0, 0.05) is 29.0 Å². The highest BCUT2D eigenvalue weighted by atomic mass is 32.1. The average Bonchev–Trinajstić information content (AvgIpc) is 2.37. The molecule has 1 aromatic heterocycles. The molecule has 0 atom stereocenters. The smallest absolute Gasteiger partial charge is 0.270 e. The Morgan fingerprint density at radius 2 is 2.00 bits per heavy atom. The number of benzene rings is 1. The molecule has 0 saturated heterocycles. The lowest BCUT2D eigenvalue weighted by atomic mass is 10.0. The zero-order valence-corrected chi connectivity index (χ0v) is 13.2. The van der Waals surface area contributed by atoms with E-state index in [0.717, 1.165) is 16.8 Å². The molecule has 0 saturated carbocycles. The second-order valence-corrected chi connectivity index (χ2v) is 5.73. The Kier molecular flexibility index (Phi) is 4.18. The predicted molar refractivity (Wildman–Crippen MR) is 85.1 cm³/mol. The van der Waals surface area contributed by atoms with E-state index >= 15 is 0 Å². The van der Waals surface area contributed by atoms with Gasteiger partial charge in [0.05, 0.1) is 4.92 Å². The molecule has 2 aromatic rings. The topological polar surface area (TPSA) is 71.8 Å². The van der Waals surface area contributed by atoms with Crippen molar-refractivity contribution in [2.75, 3.05) is 0 Å². The number of aromatic nitrogens is 2. The van der Waals surface area contributed by atoms with Crippen molar-refractivity contribution < 1.29 is 4.92 Å². The lowest BCUT2D eigenvalue weighted by Gasteiger charge is -2.12. The molecular weight excluding hydrogens is 286 g/mol. The Labute approximate surface area is 128 Å². The van der Waals surface area contributed by atoms with Crippen molar-refractivity contribution in [1.29, 1.82) is 0 Å². The second kappa shape index (κ2) is 5.73. The van der Waals surface area contributed by atoms with Crippen LogP contribution in [-0.4, -0.2) is 14.9 Å². The van der Waals surface area contributed by atoms with Gasteiger partial charge in [-0.05, 0) is 25.3 Å². The Hall–Kier alpha value is -2.08. The van der Waals surface area contributed by atoms with Gasteiger partial charge in [0.1, 0.15) is 10.5 Å².